The first kappa shape index (κ1) is 18.5. The average Bonchev–Trinajstić information content (AvgIpc) is 3.08. The maximum Gasteiger partial charge on any atom is 0.186 e. The van der Waals surface area contributed by atoms with Gasteiger partial charge in [-0.3, -0.25) is 4.90 Å². The second-order valence-corrected chi connectivity index (χ2v) is 8.49. The highest BCUT2D eigenvalue weighted by molar-refractivity contribution is 7.22. The molecule has 0 atom stereocenters. The maximum absolute atomic E-state index is 8.90. The summed E-state index contributed by atoms with van der Waals surface area (Å²) < 4.78 is 1.13. The number of anilines is 1. The van der Waals surface area contributed by atoms with Gasteiger partial charge in [0.25, 0.3) is 0 Å². The Morgan fingerprint density at radius 3 is 2.67 bits per heavy atom. The van der Waals surface area contributed by atoms with E-state index in [9.17, 15) is 0 Å². The van der Waals surface area contributed by atoms with Crippen LogP contribution >= 0.6 is 34.5 Å². The largest absolute Gasteiger partial charge is 0.345 e. The van der Waals surface area contributed by atoms with Crippen LogP contribution in [0.2, 0.25) is 10.0 Å². The first-order chi connectivity index (χ1) is 13.1. The molecule has 138 valence electrons. The van der Waals surface area contributed by atoms with Crippen LogP contribution in [0.25, 0.3) is 10.2 Å². The third kappa shape index (κ3) is 4.20. The van der Waals surface area contributed by atoms with E-state index in [2.05, 4.69) is 21.9 Å². The van der Waals surface area contributed by atoms with Gasteiger partial charge in [-0.15, -0.1) is 0 Å². The molecule has 1 fully saturated rings. The number of nitrogens with zero attached hydrogens (tertiary/aromatic N) is 4. The van der Waals surface area contributed by atoms with Crippen LogP contribution in [0.5, 0.6) is 0 Å². The molecule has 1 aliphatic heterocycles. The van der Waals surface area contributed by atoms with E-state index in [1.165, 1.54) is 0 Å². The molecule has 27 heavy (non-hydrogen) atoms. The SMILES string of the molecule is N#CCc1ccc(Cl)c(CN2CCN(c3nc4ccc(Cl)cc4s3)CC2)c1. The minimum absolute atomic E-state index is 0.416. The van der Waals surface area contributed by atoms with Gasteiger partial charge in [-0.25, -0.2) is 4.98 Å². The highest BCUT2D eigenvalue weighted by Crippen LogP contribution is 2.31. The van der Waals surface area contributed by atoms with Crippen LogP contribution in [-0.4, -0.2) is 36.1 Å². The molecule has 2 aromatic carbocycles. The molecule has 4 nitrogen and oxygen atoms in total. The Morgan fingerprint density at radius 1 is 1.07 bits per heavy atom. The van der Waals surface area contributed by atoms with Crippen LogP contribution in [0.15, 0.2) is 36.4 Å². The lowest BCUT2D eigenvalue weighted by Crippen LogP contribution is -2.46. The van der Waals surface area contributed by atoms with Crippen molar-refractivity contribution in [1.82, 2.24) is 9.88 Å². The van der Waals surface area contributed by atoms with Gasteiger partial charge in [0.1, 0.15) is 0 Å². The normalized spacial score (nSPS) is 15.2. The smallest absolute Gasteiger partial charge is 0.186 e. The Hall–Kier alpha value is -1.84. The van der Waals surface area contributed by atoms with Gasteiger partial charge in [0, 0.05) is 42.8 Å². The Bertz CT molecular complexity index is 1000. The number of nitriles is 1. The maximum atomic E-state index is 8.90. The summed E-state index contributed by atoms with van der Waals surface area (Å²) in [6, 6.07) is 13.9. The van der Waals surface area contributed by atoms with Crippen LogP contribution in [0.1, 0.15) is 11.1 Å². The van der Waals surface area contributed by atoms with E-state index in [0.717, 1.165) is 69.2 Å². The molecule has 2 heterocycles. The van der Waals surface area contributed by atoms with E-state index in [1.54, 1.807) is 11.3 Å². The minimum Gasteiger partial charge on any atom is -0.345 e. The predicted octanol–water partition coefficient (Wildman–Crippen LogP) is 4.99. The fourth-order valence-electron chi connectivity index (χ4n) is 3.31. The molecule has 4 rings (SSSR count). The lowest BCUT2D eigenvalue weighted by molar-refractivity contribution is 0.250. The number of thiazole rings is 1. The van der Waals surface area contributed by atoms with E-state index in [1.807, 2.05) is 30.3 Å². The fourth-order valence-corrected chi connectivity index (χ4v) is 4.78. The van der Waals surface area contributed by atoms with Gasteiger partial charge >= 0.3 is 0 Å². The zero-order chi connectivity index (χ0) is 18.8. The highest BCUT2D eigenvalue weighted by atomic mass is 35.5. The van der Waals surface area contributed by atoms with Crippen molar-refractivity contribution < 1.29 is 0 Å². The predicted molar refractivity (Wildman–Crippen MR) is 113 cm³/mol. The molecule has 0 amide bonds. The highest BCUT2D eigenvalue weighted by Gasteiger charge is 2.20. The summed E-state index contributed by atoms with van der Waals surface area (Å²) in [5.41, 5.74) is 3.11. The molecular weight excluding hydrogens is 399 g/mol. The molecule has 3 aromatic rings. The minimum atomic E-state index is 0.416. The molecule has 0 aliphatic carbocycles. The molecular formula is C20H18Cl2N4S. The van der Waals surface area contributed by atoms with Crippen LogP contribution in [0.3, 0.4) is 0 Å². The molecule has 0 unspecified atom stereocenters. The Labute approximate surface area is 172 Å². The zero-order valence-electron chi connectivity index (χ0n) is 14.7. The number of piperazine rings is 1. The molecule has 0 N–H and O–H groups in total. The van der Waals surface area contributed by atoms with Gasteiger partial charge in [-0.1, -0.05) is 46.7 Å². The second kappa shape index (κ2) is 8.04. The van der Waals surface area contributed by atoms with E-state index in [4.69, 9.17) is 33.4 Å². The number of hydrogen-bond donors (Lipinski definition) is 0. The topological polar surface area (TPSA) is 43.2 Å². The van der Waals surface area contributed by atoms with Gasteiger partial charge in [0.2, 0.25) is 0 Å². The summed E-state index contributed by atoms with van der Waals surface area (Å²) in [7, 11) is 0. The summed E-state index contributed by atoms with van der Waals surface area (Å²) in [6.45, 7) is 4.58. The number of benzene rings is 2. The van der Waals surface area contributed by atoms with Crippen LogP contribution < -0.4 is 4.90 Å². The van der Waals surface area contributed by atoms with Crippen molar-refractivity contribution in [2.24, 2.45) is 0 Å². The van der Waals surface area contributed by atoms with Crippen LogP contribution in [0, 0.1) is 11.3 Å². The van der Waals surface area contributed by atoms with Crippen molar-refractivity contribution in [2.75, 3.05) is 31.1 Å². The van der Waals surface area contributed by atoms with Gasteiger partial charge in [0.05, 0.1) is 22.7 Å². The van der Waals surface area contributed by atoms with Crippen molar-refractivity contribution in [1.29, 1.82) is 5.26 Å². The number of aromatic nitrogens is 1. The van der Waals surface area contributed by atoms with E-state index >= 15 is 0 Å². The van der Waals surface area contributed by atoms with Crippen molar-refractivity contribution in [3.05, 3.63) is 57.6 Å². The summed E-state index contributed by atoms with van der Waals surface area (Å²) in [6.07, 6.45) is 0.416. The van der Waals surface area contributed by atoms with Gasteiger partial charge in [-0.2, -0.15) is 5.26 Å². The molecule has 7 heteroatoms. The summed E-state index contributed by atoms with van der Waals surface area (Å²) in [5, 5.41) is 11.5. The summed E-state index contributed by atoms with van der Waals surface area (Å²) in [5.74, 6) is 0. The molecule has 0 saturated carbocycles. The van der Waals surface area contributed by atoms with Crippen molar-refractivity contribution in [3.8, 4) is 6.07 Å². The third-order valence-corrected chi connectivity index (χ3v) is 6.45. The second-order valence-electron chi connectivity index (χ2n) is 6.63. The number of halogens is 2. The average molecular weight is 417 g/mol. The molecule has 1 saturated heterocycles. The zero-order valence-corrected chi connectivity index (χ0v) is 17.0. The van der Waals surface area contributed by atoms with Crippen molar-refractivity contribution in [3.63, 3.8) is 0 Å². The monoisotopic (exact) mass is 416 g/mol. The van der Waals surface area contributed by atoms with E-state index in [0.29, 0.717) is 6.42 Å². The number of rotatable bonds is 4. The molecule has 1 aliphatic rings. The van der Waals surface area contributed by atoms with Crippen molar-refractivity contribution in [2.45, 2.75) is 13.0 Å². The Morgan fingerprint density at radius 2 is 1.89 bits per heavy atom. The first-order valence-electron chi connectivity index (χ1n) is 8.80. The molecule has 0 radical (unpaired) electrons. The Kier molecular flexibility index (Phi) is 5.51. The molecule has 0 bridgehead atoms. The van der Waals surface area contributed by atoms with Crippen LogP contribution in [0.4, 0.5) is 5.13 Å². The van der Waals surface area contributed by atoms with E-state index in [-0.39, 0.29) is 0 Å². The van der Waals surface area contributed by atoms with Crippen LogP contribution in [-0.2, 0) is 13.0 Å². The number of hydrogen-bond acceptors (Lipinski definition) is 5. The van der Waals surface area contributed by atoms with Gasteiger partial charge in [0.15, 0.2) is 5.13 Å². The Balaban J connectivity index is 1.41. The lowest BCUT2D eigenvalue weighted by Gasteiger charge is -2.34. The van der Waals surface area contributed by atoms with E-state index < -0.39 is 0 Å². The molecule has 0 spiro atoms. The number of fused-ring (bicyclic) bond motifs is 1. The quantitative estimate of drug-likeness (QED) is 0.600. The first-order valence-corrected chi connectivity index (χ1v) is 10.4. The standard InChI is InChI=1S/C20H18Cl2N4S/c21-16-2-4-18-19(12-16)27-20(24-18)26-9-7-25(8-10-26)13-15-11-14(5-6-23)1-3-17(15)22/h1-4,11-12H,5,7-10,13H2. The lowest BCUT2D eigenvalue weighted by atomic mass is 10.1. The van der Waals surface area contributed by atoms with Gasteiger partial charge < -0.3 is 4.90 Å². The third-order valence-electron chi connectivity index (χ3n) is 4.77. The summed E-state index contributed by atoms with van der Waals surface area (Å²) >= 11 is 14.1. The summed E-state index contributed by atoms with van der Waals surface area (Å²) in [4.78, 5) is 9.49. The molecule has 1 aromatic heterocycles. The van der Waals surface area contributed by atoms with Crippen molar-refractivity contribution >= 4 is 49.9 Å². The fraction of sp³-hybridized carbons (Fsp3) is 0.300. The van der Waals surface area contributed by atoms with Gasteiger partial charge in [-0.05, 0) is 35.4 Å².